The number of rotatable bonds is 8. The van der Waals surface area contributed by atoms with E-state index < -0.39 is 28.8 Å². The van der Waals surface area contributed by atoms with Crippen LogP contribution in [0.15, 0.2) is 41.8 Å². The highest BCUT2D eigenvalue weighted by atomic mass is 19.1. The molecule has 0 fully saturated rings. The molecule has 0 saturated carbocycles. The second-order valence-electron chi connectivity index (χ2n) is 5.85. The Morgan fingerprint density at radius 3 is 2.54 bits per heavy atom. The molecule has 0 aliphatic rings. The standard InChI is InChI=1S/C20H19F2NO5/c1-4-9-23-11-14(18(25)19(27-2)17(23)20(26)28-3)16(24)8-6-12-5-7-13(21)10-15(12)22/h4-5,7,10-11H,1,6,8-9H2,2-3H3. The number of pyridine rings is 1. The number of halogens is 2. The van der Waals surface area contributed by atoms with Crippen molar-refractivity contribution in [3.05, 3.63) is 75.7 Å². The maximum Gasteiger partial charge on any atom is 0.358 e. The van der Waals surface area contributed by atoms with E-state index in [2.05, 4.69) is 11.3 Å². The third-order valence-electron chi connectivity index (χ3n) is 4.08. The fourth-order valence-corrected chi connectivity index (χ4v) is 2.72. The predicted molar refractivity (Wildman–Crippen MR) is 97.8 cm³/mol. The Balaban J connectivity index is 2.42. The van der Waals surface area contributed by atoms with Crippen LogP contribution in [-0.2, 0) is 17.7 Å². The summed E-state index contributed by atoms with van der Waals surface area (Å²) in [4.78, 5) is 37.3. The summed E-state index contributed by atoms with van der Waals surface area (Å²) < 4.78 is 37.8. The molecule has 0 radical (unpaired) electrons. The summed E-state index contributed by atoms with van der Waals surface area (Å²) in [6.45, 7) is 3.70. The van der Waals surface area contributed by atoms with Gasteiger partial charge in [0.2, 0.25) is 5.43 Å². The van der Waals surface area contributed by atoms with Crippen LogP contribution < -0.4 is 10.2 Å². The van der Waals surface area contributed by atoms with Gasteiger partial charge < -0.3 is 14.0 Å². The average molecular weight is 391 g/mol. The van der Waals surface area contributed by atoms with E-state index in [0.29, 0.717) is 0 Å². The number of nitrogens with zero attached hydrogens (tertiary/aromatic N) is 1. The highest BCUT2D eigenvalue weighted by Crippen LogP contribution is 2.18. The van der Waals surface area contributed by atoms with Crippen molar-refractivity contribution in [3.8, 4) is 5.75 Å². The van der Waals surface area contributed by atoms with Crippen LogP contribution in [0.2, 0.25) is 0 Å². The normalized spacial score (nSPS) is 10.4. The lowest BCUT2D eigenvalue weighted by Gasteiger charge is -2.15. The summed E-state index contributed by atoms with van der Waals surface area (Å²) in [5.74, 6) is -3.18. The highest BCUT2D eigenvalue weighted by Gasteiger charge is 2.25. The van der Waals surface area contributed by atoms with Crippen LogP contribution >= 0.6 is 0 Å². The van der Waals surface area contributed by atoms with E-state index >= 15 is 0 Å². The molecule has 0 atom stereocenters. The molecule has 0 unspecified atom stereocenters. The zero-order chi connectivity index (χ0) is 20.8. The second kappa shape index (κ2) is 9.07. The third-order valence-corrected chi connectivity index (χ3v) is 4.08. The van der Waals surface area contributed by atoms with Gasteiger partial charge >= 0.3 is 5.97 Å². The summed E-state index contributed by atoms with van der Waals surface area (Å²) in [7, 11) is 2.35. The van der Waals surface area contributed by atoms with E-state index in [-0.39, 0.29) is 42.0 Å². The number of carbonyl (C=O) groups excluding carboxylic acids is 2. The first-order valence-corrected chi connectivity index (χ1v) is 8.31. The van der Waals surface area contributed by atoms with Crippen molar-refractivity contribution in [3.63, 3.8) is 0 Å². The van der Waals surface area contributed by atoms with Crippen LogP contribution in [0.5, 0.6) is 5.75 Å². The molecule has 0 spiro atoms. The van der Waals surface area contributed by atoms with Crippen molar-refractivity contribution >= 4 is 11.8 Å². The van der Waals surface area contributed by atoms with Crippen molar-refractivity contribution in [1.82, 2.24) is 4.57 Å². The quantitative estimate of drug-likeness (QED) is 0.393. The number of aromatic nitrogens is 1. The van der Waals surface area contributed by atoms with Crippen LogP contribution in [0.1, 0.15) is 32.8 Å². The summed E-state index contributed by atoms with van der Waals surface area (Å²) >= 11 is 0. The molecule has 0 N–H and O–H groups in total. The van der Waals surface area contributed by atoms with Gasteiger partial charge in [-0.25, -0.2) is 13.6 Å². The first-order chi connectivity index (χ1) is 13.3. The maximum absolute atomic E-state index is 13.7. The van der Waals surface area contributed by atoms with E-state index in [1.807, 2.05) is 0 Å². The van der Waals surface area contributed by atoms with Crippen LogP contribution in [-0.4, -0.2) is 30.5 Å². The molecule has 2 aromatic rings. The minimum atomic E-state index is -0.803. The minimum absolute atomic E-state index is 0.0209. The third kappa shape index (κ3) is 4.33. The topological polar surface area (TPSA) is 74.6 Å². The zero-order valence-corrected chi connectivity index (χ0v) is 15.5. The van der Waals surface area contributed by atoms with Gasteiger partial charge in [0, 0.05) is 25.2 Å². The number of ether oxygens (including phenoxy) is 2. The average Bonchev–Trinajstić information content (AvgIpc) is 2.67. The SMILES string of the molecule is C=CCn1cc(C(=O)CCc2ccc(F)cc2F)c(=O)c(OC)c1C(=O)OC. The lowest BCUT2D eigenvalue weighted by molar-refractivity contribution is 0.0582. The van der Waals surface area contributed by atoms with Crippen molar-refractivity contribution in [1.29, 1.82) is 0 Å². The molecule has 148 valence electrons. The number of esters is 1. The minimum Gasteiger partial charge on any atom is -0.491 e. The summed E-state index contributed by atoms with van der Waals surface area (Å²) in [6, 6.07) is 3.06. The van der Waals surface area contributed by atoms with Gasteiger partial charge in [-0.15, -0.1) is 6.58 Å². The van der Waals surface area contributed by atoms with Gasteiger partial charge in [-0.1, -0.05) is 12.1 Å². The first-order valence-electron chi connectivity index (χ1n) is 8.31. The molecule has 1 aromatic heterocycles. The number of benzene rings is 1. The summed E-state index contributed by atoms with van der Waals surface area (Å²) in [6.07, 6.45) is 2.49. The molecule has 0 saturated heterocycles. The Hall–Kier alpha value is -3.29. The number of Topliss-reactive ketones (excluding diaryl/α,β-unsaturated/α-hetero) is 1. The molecular weight excluding hydrogens is 372 g/mol. The number of hydrogen-bond acceptors (Lipinski definition) is 5. The molecule has 1 aromatic carbocycles. The Labute approximate surface area is 160 Å². The lowest BCUT2D eigenvalue weighted by Crippen LogP contribution is -2.26. The molecule has 1 heterocycles. The Morgan fingerprint density at radius 2 is 1.96 bits per heavy atom. The van der Waals surface area contributed by atoms with Gasteiger partial charge in [-0.2, -0.15) is 0 Å². The monoisotopic (exact) mass is 391 g/mol. The van der Waals surface area contributed by atoms with Crippen molar-refractivity contribution in [2.75, 3.05) is 14.2 Å². The van der Waals surface area contributed by atoms with Crippen molar-refractivity contribution < 1.29 is 27.8 Å². The number of allylic oxidation sites excluding steroid dienone is 1. The van der Waals surface area contributed by atoms with E-state index in [1.54, 1.807) is 0 Å². The zero-order valence-electron chi connectivity index (χ0n) is 15.5. The summed E-state index contributed by atoms with van der Waals surface area (Å²) in [5, 5.41) is 0. The van der Waals surface area contributed by atoms with Gasteiger partial charge in [-0.3, -0.25) is 9.59 Å². The summed E-state index contributed by atoms with van der Waals surface area (Å²) in [5.41, 5.74) is -0.975. The van der Waals surface area contributed by atoms with Crippen LogP contribution in [0.3, 0.4) is 0 Å². The lowest BCUT2D eigenvalue weighted by atomic mass is 10.0. The number of ketones is 1. The molecule has 6 nitrogen and oxygen atoms in total. The molecule has 8 heteroatoms. The second-order valence-corrected chi connectivity index (χ2v) is 5.85. The van der Waals surface area contributed by atoms with Gasteiger partial charge in [0.05, 0.1) is 19.8 Å². The van der Waals surface area contributed by atoms with E-state index in [1.165, 1.54) is 30.0 Å². The molecule has 28 heavy (non-hydrogen) atoms. The predicted octanol–water partition coefficient (Wildman–Crippen LogP) is 2.92. The molecule has 0 amide bonds. The molecule has 0 aliphatic heterocycles. The number of hydrogen-bond donors (Lipinski definition) is 0. The van der Waals surface area contributed by atoms with Crippen LogP contribution in [0, 0.1) is 11.6 Å². The van der Waals surface area contributed by atoms with Crippen molar-refractivity contribution in [2.24, 2.45) is 0 Å². The number of methoxy groups -OCH3 is 2. The largest absolute Gasteiger partial charge is 0.491 e. The van der Waals surface area contributed by atoms with E-state index in [9.17, 15) is 23.2 Å². The molecule has 0 bridgehead atoms. The highest BCUT2D eigenvalue weighted by molar-refractivity contribution is 5.98. The molecular formula is C20H19F2NO5. The molecule has 2 rings (SSSR count). The van der Waals surface area contributed by atoms with Gasteiger partial charge in [0.15, 0.2) is 17.2 Å². The van der Waals surface area contributed by atoms with Crippen LogP contribution in [0.25, 0.3) is 0 Å². The number of carbonyl (C=O) groups is 2. The van der Waals surface area contributed by atoms with Gasteiger partial charge in [0.1, 0.15) is 11.6 Å². The fourth-order valence-electron chi connectivity index (χ4n) is 2.72. The van der Waals surface area contributed by atoms with E-state index in [0.717, 1.165) is 19.2 Å². The first kappa shape index (κ1) is 21.0. The Kier molecular flexibility index (Phi) is 6.81. The van der Waals surface area contributed by atoms with Gasteiger partial charge in [-0.05, 0) is 18.1 Å². The number of aryl methyl sites for hydroxylation is 1. The maximum atomic E-state index is 13.7. The van der Waals surface area contributed by atoms with Crippen LogP contribution in [0.4, 0.5) is 8.78 Å². The Morgan fingerprint density at radius 1 is 1.25 bits per heavy atom. The Bertz CT molecular complexity index is 981. The van der Waals surface area contributed by atoms with E-state index in [4.69, 9.17) is 4.74 Å². The van der Waals surface area contributed by atoms with Gasteiger partial charge in [0.25, 0.3) is 0 Å². The fraction of sp³-hybridized carbons (Fsp3) is 0.250. The molecule has 0 aliphatic carbocycles. The van der Waals surface area contributed by atoms with Crippen molar-refractivity contribution in [2.45, 2.75) is 19.4 Å². The smallest absolute Gasteiger partial charge is 0.358 e.